The van der Waals surface area contributed by atoms with Gasteiger partial charge in [-0.05, 0) is 73.9 Å². The number of carbonyl (C=O) groups excluding carboxylic acids is 1. The topological polar surface area (TPSA) is 84.5 Å². The van der Waals surface area contributed by atoms with Crippen LogP contribution in [0.15, 0.2) is 59.5 Å². The second kappa shape index (κ2) is 8.99. The van der Waals surface area contributed by atoms with Crippen LogP contribution in [0, 0.1) is 20.8 Å². The molecule has 0 aliphatic heterocycles. The summed E-state index contributed by atoms with van der Waals surface area (Å²) in [4.78, 5) is 12.8. The fraction of sp³-hybridized carbons (Fsp3) is 0.174. The summed E-state index contributed by atoms with van der Waals surface area (Å²) < 4.78 is 34.0. The molecule has 6 nitrogen and oxygen atoms in total. The Kier molecular flexibility index (Phi) is 6.57. The van der Waals surface area contributed by atoms with E-state index < -0.39 is 15.9 Å². The maximum absolute atomic E-state index is 13.1. The van der Waals surface area contributed by atoms with Crippen LogP contribution in [-0.2, 0) is 10.0 Å². The lowest BCUT2D eigenvalue weighted by Gasteiger charge is -2.15. The molecule has 0 unspecified atom stereocenters. The lowest BCUT2D eigenvalue weighted by molar-refractivity contribution is 0.102. The van der Waals surface area contributed by atoms with Crippen LogP contribution in [0.2, 0.25) is 5.02 Å². The molecule has 0 heterocycles. The van der Waals surface area contributed by atoms with Crippen molar-refractivity contribution >= 4 is 38.9 Å². The highest BCUT2D eigenvalue weighted by atomic mass is 35.5. The summed E-state index contributed by atoms with van der Waals surface area (Å²) in [7, 11) is -2.43. The van der Waals surface area contributed by atoms with Crippen LogP contribution < -0.4 is 14.8 Å². The Morgan fingerprint density at radius 2 is 1.68 bits per heavy atom. The van der Waals surface area contributed by atoms with Gasteiger partial charge >= 0.3 is 0 Å². The van der Waals surface area contributed by atoms with Crippen LogP contribution in [0.25, 0.3) is 0 Å². The van der Waals surface area contributed by atoms with E-state index in [-0.39, 0.29) is 10.5 Å². The number of benzene rings is 3. The molecule has 8 heteroatoms. The highest BCUT2D eigenvalue weighted by Crippen LogP contribution is 2.29. The molecular formula is C23H23ClN2O4S. The molecule has 0 saturated heterocycles. The van der Waals surface area contributed by atoms with Crippen LogP contribution in [0.1, 0.15) is 27.0 Å². The van der Waals surface area contributed by atoms with E-state index in [4.69, 9.17) is 16.3 Å². The average molecular weight is 459 g/mol. The first kappa shape index (κ1) is 22.7. The van der Waals surface area contributed by atoms with Gasteiger partial charge in [0.05, 0.1) is 23.4 Å². The van der Waals surface area contributed by atoms with Gasteiger partial charge in [-0.3, -0.25) is 9.52 Å². The number of hydrogen-bond donors (Lipinski definition) is 2. The first-order valence-electron chi connectivity index (χ1n) is 9.47. The van der Waals surface area contributed by atoms with Gasteiger partial charge in [-0.2, -0.15) is 0 Å². The Bertz CT molecular complexity index is 1260. The SMILES string of the molecule is COc1ccc(Cl)cc1NC(=O)c1ccc(C)c(S(=O)(=O)Nc2cccc(C)c2C)c1. The summed E-state index contributed by atoms with van der Waals surface area (Å²) in [6.45, 7) is 5.44. The molecule has 1 amide bonds. The van der Waals surface area contributed by atoms with Crippen molar-refractivity contribution in [3.8, 4) is 5.75 Å². The molecule has 0 saturated carbocycles. The summed E-state index contributed by atoms with van der Waals surface area (Å²) in [5.41, 5.74) is 3.41. The van der Waals surface area contributed by atoms with Gasteiger partial charge in [-0.1, -0.05) is 29.8 Å². The Morgan fingerprint density at radius 3 is 2.39 bits per heavy atom. The van der Waals surface area contributed by atoms with Crippen LogP contribution >= 0.6 is 11.6 Å². The van der Waals surface area contributed by atoms with E-state index in [9.17, 15) is 13.2 Å². The van der Waals surface area contributed by atoms with E-state index in [0.29, 0.717) is 27.7 Å². The second-order valence-corrected chi connectivity index (χ2v) is 9.22. The van der Waals surface area contributed by atoms with Crippen molar-refractivity contribution in [3.63, 3.8) is 0 Å². The number of anilines is 2. The monoisotopic (exact) mass is 458 g/mol. The number of hydrogen-bond acceptors (Lipinski definition) is 4. The quantitative estimate of drug-likeness (QED) is 0.523. The number of rotatable bonds is 6. The predicted octanol–water partition coefficient (Wildman–Crippen LogP) is 5.33. The molecule has 3 aromatic carbocycles. The third-order valence-corrected chi connectivity index (χ3v) is 6.74. The molecule has 0 radical (unpaired) electrons. The molecule has 3 rings (SSSR count). The highest BCUT2D eigenvalue weighted by molar-refractivity contribution is 7.92. The fourth-order valence-corrected chi connectivity index (χ4v) is 4.63. The molecule has 0 aliphatic rings. The smallest absolute Gasteiger partial charge is 0.262 e. The van der Waals surface area contributed by atoms with Gasteiger partial charge in [0.1, 0.15) is 5.75 Å². The van der Waals surface area contributed by atoms with Crippen molar-refractivity contribution in [3.05, 3.63) is 81.9 Å². The molecule has 0 atom stereocenters. The maximum atomic E-state index is 13.1. The Labute approximate surface area is 187 Å². The molecule has 0 spiro atoms. The Morgan fingerprint density at radius 1 is 0.935 bits per heavy atom. The fourth-order valence-electron chi connectivity index (χ4n) is 3.06. The van der Waals surface area contributed by atoms with Gasteiger partial charge < -0.3 is 10.1 Å². The maximum Gasteiger partial charge on any atom is 0.262 e. The van der Waals surface area contributed by atoms with Crippen LogP contribution in [0.3, 0.4) is 0 Å². The van der Waals surface area contributed by atoms with E-state index >= 15 is 0 Å². The normalized spacial score (nSPS) is 11.1. The van der Waals surface area contributed by atoms with E-state index in [2.05, 4.69) is 10.0 Å². The minimum Gasteiger partial charge on any atom is -0.495 e. The van der Waals surface area contributed by atoms with Crippen molar-refractivity contribution < 1.29 is 17.9 Å². The summed E-state index contributed by atoms with van der Waals surface area (Å²) in [6, 6.07) is 14.8. The van der Waals surface area contributed by atoms with Gasteiger partial charge in [0.25, 0.3) is 15.9 Å². The number of ether oxygens (including phenoxy) is 1. The van der Waals surface area contributed by atoms with Crippen LogP contribution in [0.4, 0.5) is 11.4 Å². The van der Waals surface area contributed by atoms with Crippen LogP contribution in [0.5, 0.6) is 5.75 Å². The molecule has 162 valence electrons. The number of amides is 1. The summed E-state index contributed by atoms with van der Waals surface area (Å²) in [5, 5.41) is 3.15. The zero-order chi connectivity index (χ0) is 22.8. The number of sulfonamides is 1. The number of nitrogens with one attached hydrogen (secondary N) is 2. The largest absolute Gasteiger partial charge is 0.495 e. The summed E-state index contributed by atoms with van der Waals surface area (Å²) in [6.07, 6.45) is 0. The van der Waals surface area contributed by atoms with E-state index in [1.165, 1.54) is 13.2 Å². The minimum absolute atomic E-state index is 0.0270. The minimum atomic E-state index is -3.91. The zero-order valence-electron chi connectivity index (χ0n) is 17.6. The third-order valence-electron chi connectivity index (χ3n) is 5.00. The number of methoxy groups -OCH3 is 1. The van der Waals surface area contributed by atoms with Gasteiger partial charge in [0, 0.05) is 10.6 Å². The zero-order valence-corrected chi connectivity index (χ0v) is 19.2. The standard InChI is InChI=1S/C23H23ClN2O4S/c1-14-6-5-7-19(16(14)3)26-31(28,29)22-12-17(9-8-15(22)2)23(27)25-20-13-18(24)10-11-21(20)30-4/h5-13,26H,1-4H3,(H,25,27). The number of aryl methyl sites for hydroxylation is 2. The molecule has 31 heavy (non-hydrogen) atoms. The van der Waals surface area contributed by atoms with Gasteiger partial charge in [-0.25, -0.2) is 8.42 Å². The molecular weight excluding hydrogens is 436 g/mol. The average Bonchev–Trinajstić information content (AvgIpc) is 2.71. The first-order chi connectivity index (χ1) is 14.6. The first-order valence-corrected chi connectivity index (χ1v) is 11.3. The number of carbonyl (C=O) groups is 1. The second-order valence-electron chi connectivity index (χ2n) is 7.13. The number of halogens is 1. The summed E-state index contributed by atoms with van der Waals surface area (Å²) in [5.74, 6) is -0.0435. The molecule has 0 fully saturated rings. The van der Waals surface area contributed by atoms with Crippen molar-refractivity contribution in [1.29, 1.82) is 0 Å². The van der Waals surface area contributed by atoms with Crippen LogP contribution in [-0.4, -0.2) is 21.4 Å². The van der Waals surface area contributed by atoms with E-state index in [1.54, 1.807) is 49.4 Å². The van der Waals surface area contributed by atoms with Gasteiger partial charge in [-0.15, -0.1) is 0 Å². The Hall–Kier alpha value is -3.03. The molecule has 0 aromatic heterocycles. The van der Waals surface area contributed by atoms with Crippen molar-refractivity contribution in [1.82, 2.24) is 0 Å². The van der Waals surface area contributed by atoms with Crippen molar-refractivity contribution in [2.45, 2.75) is 25.7 Å². The molecule has 3 aromatic rings. The molecule has 0 bridgehead atoms. The van der Waals surface area contributed by atoms with E-state index in [0.717, 1.165) is 11.1 Å². The highest BCUT2D eigenvalue weighted by Gasteiger charge is 2.21. The molecule has 2 N–H and O–H groups in total. The van der Waals surface area contributed by atoms with Gasteiger partial charge in [0.15, 0.2) is 0 Å². The predicted molar refractivity (Wildman–Crippen MR) is 124 cm³/mol. The van der Waals surface area contributed by atoms with Crippen molar-refractivity contribution in [2.75, 3.05) is 17.1 Å². The van der Waals surface area contributed by atoms with E-state index in [1.807, 2.05) is 19.9 Å². The third kappa shape index (κ3) is 5.00. The van der Waals surface area contributed by atoms with Crippen molar-refractivity contribution in [2.24, 2.45) is 0 Å². The molecule has 0 aliphatic carbocycles. The van der Waals surface area contributed by atoms with Gasteiger partial charge in [0.2, 0.25) is 0 Å². The Balaban J connectivity index is 1.93. The lowest BCUT2D eigenvalue weighted by Crippen LogP contribution is -2.18. The summed E-state index contributed by atoms with van der Waals surface area (Å²) >= 11 is 6.02. The lowest BCUT2D eigenvalue weighted by atomic mass is 10.1.